The third-order valence-corrected chi connectivity index (χ3v) is 1.14. The smallest absolute Gasteiger partial charge is 0.152 e. The summed E-state index contributed by atoms with van der Waals surface area (Å²) in [5.74, 6) is 0. The third kappa shape index (κ3) is 2.99. The van der Waals surface area contributed by atoms with E-state index in [1.165, 1.54) is 11.3 Å². The van der Waals surface area contributed by atoms with Gasteiger partial charge in [0.05, 0.1) is 6.20 Å². The minimum Gasteiger partial charge on any atom is -0.276 e. The largest absolute Gasteiger partial charge is 0.276 e. The first kappa shape index (κ1) is 6.95. The van der Waals surface area contributed by atoms with Gasteiger partial charge in [0.1, 0.15) is 0 Å². The molecule has 2 rings (SSSR count). The summed E-state index contributed by atoms with van der Waals surface area (Å²) in [5, 5.41) is 7.90. The zero-order valence-corrected chi connectivity index (χ0v) is 5.93. The normalized spacial score (nSPS) is 8.00. The van der Waals surface area contributed by atoms with Crippen LogP contribution in [0.2, 0.25) is 0 Å². The quantitative estimate of drug-likeness (QED) is 0.613. The molecule has 3 nitrogen and oxygen atoms in total. The zero-order chi connectivity index (χ0) is 7.07. The van der Waals surface area contributed by atoms with Crippen molar-refractivity contribution in [1.29, 1.82) is 0 Å². The lowest BCUT2D eigenvalue weighted by atomic mass is 10.8. The molecule has 0 atom stereocenters. The van der Waals surface area contributed by atoms with Crippen LogP contribution in [0.5, 0.6) is 0 Å². The molecule has 10 heavy (non-hydrogen) atoms. The minimum atomic E-state index is 1.48. The molecule has 1 N–H and O–H groups in total. The highest BCUT2D eigenvalue weighted by Crippen LogP contribution is 1.84. The molecule has 0 spiro atoms. The topological polar surface area (TPSA) is 41.6 Å². The maximum atomic E-state index is 3.62. The van der Waals surface area contributed by atoms with Gasteiger partial charge in [-0.3, -0.25) is 5.10 Å². The number of H-pyrrole nitrogens is 1. The summed E-state index contributed by atoms with van der Waals surface area (Å²) < 4.78 is 0. The Morgan fingerprint density at radius 1 is 1.40 bits per heavy atom. The number of hydrogen-bond acceptors (Lipinski definition) is 3. The van der Waals surface area contributed by atoms with Gasteiger partial charge in [0.25, 0.3) is 0 Å². The van der Waals surface area contributed by atoms with Crippen molar-refractivity contribution >= 4 is 11.3 Å². The molecular weight excluding hydrogens is 146 g/mol. The lowest BCUT2D eigenvalue weighted by Gasteiger charge is -1.48. The van der Waals surface area contributed by atoms with Gasteiger partial charge in [0.15, 0.2) is 5.51 Å². The van der Waals surface area contributed by atoms with E-state index in [1.54, 1.807) is 18.5 Å². The second kappa shape index (κ2) is 4.69. The van der Waals surface area contributed by atoms with Crippen molar-refractivity contribution in [3.63, 3.8) is 0 Å². The fourth-order valence-electron chi connectivity index (χ4n) is 0.338. The molecule has 0 aliphatic heterocycles. The van der Waals surface area contributed by atoms with Crippen molar-refractivity contribution < 1.29 is 0 Å². The number of rotatable bonds is 0. The maximum absolute atomic E-state index is 3.62. The summed E-state index contributed by atoms with van der Waals surface area (Å²) in [5.41, 5.74) is 2.65. The number of thiazole rings is 1. The molecular formula is C6H5N3S. The van der Waals surface area contributed by atoms with Crippen molar-refractivity contribution in [2.45, 2.75) is 0 Å². The summed E-state index contributed by atoms with van der Waals surface area (Å²) in [7, 11) is 0. The Kier molecular flexibility index (Phi) is 3.26. The molecule has 50 valence electrons. The van der Waals surface area contributed by atoms with Gasteiger partial charge < -0.3 is 0 Å². The second-order valence-corrected chi connectivity index (χ2v) is 2.01. The van der Waals surface area contributed by atoms with Gasteiger partial charge in [-0.15, -0.1) is 11.3 Å². The van der Waals surface area contributed by atoms with Crippen LogP contribution in [0.1, 0.15) is 0 Å². The van der Waals surface area contributed by atoms with E-state index in [2.05, 4.69) is 26.9 Å². The summed E-state index contributed by atoms with van der Waals surface area (Å²) in [6, 6.07) is 1.71. The molecule has 2 radical (unpaired) electrons. The molecule has 4 heteroatoms. The molecule has 0 aliphatic rings. The summed E-state index contributed by atoms with van der Waals surface area (Å²) in [6.07, 6.45) is 5.98. The molecule has 0 unspecified atom stereocenters. The zero-order valence-electron chi connectivity index (χ0n) is 5.11. The van der Waals surface area contributed by atoms with Crippen LogP contribution in [0.25, 0.3) is 0 Å². The van der Waals surface area contributed by atoms with Gasteiger partial charge >= 0.3 is 0 Å². The number of nitrogens with one attached hydrogen (secondary N) is 1. The summed E-state index contributed by atoms with van der Waals surface area (Å²) in [4.78, 5) is 3.62. The summed E-state index contributed by atoms with van der Waals surface area (Å²) >= 11 is 1.48. The monoisotopic (exact) mass is 151 g/mol. The minimum absolute atomic E-state index is 1.48. The van der Waals surface area contributed by atoms with Gasteiger partial charge in [-0.1, -0.05) is 0 Å². The van der Waals surface area contributed by atoms with Crippen molar-refractivity contribution in [2.75, 3.05) is 0 Å². The van der Waals surface area contributed by atoms with E-state index < -0.39 is 0 Å². The fourth-order valence-corrected chi connectivity index (χ4v) is 0.643. The molecule has 2 heterocycles. The van der Waals surface area contributed by atoms with E-state index in [0.717, 1.165) is 0 Å². The van der Waals surface area contributed by atoms with Crippen molar-refractivity contribution in [1.82, 2.24) is 15.2 Å². The molecule has 0 aliphatic carbocycles. The Hall–Kier alpha value is -1.16. The van der Waals surface area contributed by atoms with Gasteiger partial charge in [-0.2, -0.15) is 5.10 Å². The first-order valence-electron chi connectivity index (χ1n) is 2.61. The highest BCUT2D eigenvalue weighted by Gasteiger charge is 1.61. The maximum Gasteiger partial charge on any atom is 0.152 e. The average Bonchev–Trinajstić information content (AvgIpc) is 2.67. The SMILES string of the molecule is [c]1ccn[nH]1.[c]1nccs1. The van der Waals surface area contributed by atoms with E-state index in [4.69, 9.17) is 0 Å². The van der Waals surface area contributed by atoms with Crippen LogP contribution in [0, 0.1) is 11.7 Å². The van der Waals surface area contributed by atoms with Gasteiger partial charge in [-0.25, -0.2) is 4.98 Å². The predicted octanol–water partition coefficient (Wildman–Crippen LogP) is 1.15. The average molecular weight is 151 g/mol. The fraction of sp³-hybridized carbons (Fsp3) is 0. The van der Waals surface area contributed by atoms with E-state index in [1.807, 2.05) is 5.38 Å². The van der Waals surface area contributed by atoms with E-state index in [9.17, 15) is 0 Å². The number of nitrogens with zero attached hydrogens (tertiary/aromatic N) is 2. The van der Waals surface area contributed by atoms with Crippen LogP contribution >= 0.6 is 11.3 Å². The van der Waals surface area contributed by atoms with Gasteiger partial charge in [-0.05, 0) is 6.07 Å². The number of aromatic amines is 1. The standard InChI is InChI=1S/C3H3N2.C3H2NS/c1-2-4-5-3-1;1-2-5-3-4-1/h1-2H,(H,4,5);1-2H. The Morgan fingerprint density at radius 3 is 2.60 bits per heavy atom. The Bertz CT molecular complexity index is 152. The third-order valence-electron chi connectivity index (χ3n) is 0.670. The van der Waals surface area contributed by atoms with Crippen LogP contribution in [-0.4, -0.2) is 15.2 Å². The van der Waals surface area contributed by atoms with Gasteiger partial charge in [0.2, 0.25) is 0 Å². The highest BCUT2D eigenvalue weighted by atomic mass is 32.1. The first-order valence-corrected chi connectivity index (χ1v) is 3.49. The van der Waals surface area contributed by atoms with Crippen molar-refractivity contribution in [2.24, 2.45) is 0 Å². The number of hydrogen-bond donors (Lipinski definition) is 1. The highest BCUT2D eigenvalue weighted by molar-refractivity contribution is 7.06. The van der Waals surface area contributed by atoms with E-state index in [-0.39, 0.29) is 0 Å². The van der Waals surface area contributed by atoms with Crippen LogP contribution < -0.4 is 0 Å². The van der Waals surface area contributed by atoms with Crippen LogP contribution in [-0.2, 0) is 0 Å². The Labute approximate surface area is 62.8 Å². The lowest BCUT2D eigenvalue weighted by molar-refractivity contribution is 1.08. The van der Waals surface area contributed by atoms with Gasteiger partial charge in [0, 0.05) is 17.8 Å². The van der Waals surface area contributed by atoms with E-state index >= 15 is 0 Å². The molecule has 0 fully saturated rings. The summed E-state index contributed by atoms with van der Waals surface area (Å²) in [6.45, 7) is 0. The van der Waals surface area contributed by atoms with E-state index in [0.29, 0.717) is 0 Å². The first-order chi connectivity index (χ1) is 5.00. The number of aromatic nitrogens is 3. The molecule has 0 saturated heterocycles. The predicted molar refractivity (Wildman–Crippen MR) is 38.4 cm³/mol. The van der Waals surface area contributed by atoms with Crippen molar-refractivity contribution in [3.05, 3.63) is 35.5 Å². The second-order valence-electron chi connectivity index (χ2n) is 1.32. The molecule has 0 aromatic carbocycles. The molecule has 0 saturated carbocycles. The molecule has 2 aromatic heterocycles. The molecule has 2 aromatic rings. The van der Waals surface area contributed by atoms with Crippen LogP contribution in [0.15, 0.2) is 23.8 Å². The molecule has 0 amide bonds. The van der Waals surface area contributed by atoms with Crippen molar-refractivity contribution in [3.8, 4) is 0 Å². The Balaban J connectivity index is 0.0000001000. The van der Waals surface area contributed by atoms with Crippen LogP contribution in [0.3, 0.4) is 0 Å². The molecule has 0 bridgehead atoms. The van der Waals surface area contributed by atoms with Crippen LogP contribution in [0.4, 0.5) is 0 Å². The Morgan fingerprint density at radius 2 is 2.40 bits per heavy atom. The lowest BCUT2D eigenvalue weighted by Crippen LogP contribution is -1.54.